The molecule has 0 radical (unpaired) electrons. The minimum absolute atomic E-state index is 0.00695. The van der Waals surface area contributed by atoms with Gasteiger partial charge >= 0.3 is 0 Å². The zero-order valence-corrected chi connectivity index (χ0v) is 12.3. The fourth-order valence-electron chi connectivity index (χ4n) is 3.66. The lowest BCUT2D eigenvalue weighted by molar-refractivity contribution is -0.121. The van der Waals surface area contributed by atoms with E-state index in [1.807, 2.05) is 0 Å². The van der Waals surface area contributed by atoms with E-state index in [1.54, 1.807) is 0 Å². The lowest BCUT2D eigenvalue weighted by Crippen LogP contribution is -2.47. The van der Waals surface area contributed by atoms with E-state index in [1.165, 1.54) is 25.7 Å². The standard InChI is InChI=1S/C15H28N2O/c1-10(13-8-11-5-6-12(13)7-11)17-14(18)9-16-15(2,3)4/h10-13,16H,5-9H2,1-4H3,(H,17,18)/t10-,11+,12+,13-/m0/s1. The van der Waals surface area contributed by atoms with Crippen LogP contribution in [0.5, 0.6) is 0 Å². The molecule has 0 aromatic rings. The molecule has 4 atom stereocenters. The van der Waals surface area contributed by atoms with E-state index in [0.29, 0.717) is 12.6 Å². The van der Waals surface area contributed by atoms with Crippen molar-refractivity contribution in [2.24, 2.45) is 17.8 Å². The van der Waals surface area contributed by atoms with E-state index in [-0.39, 0.29) is 11.4 Å². The van der Waals surface area contributed by atoms with Crippen LogP contribution in [0.4, 0.5) is 0 Å². The first-order chi connectivity index (χ1) is 8.35. The fraction of sp³-hybridized carbons (Fsp3) is 0.933. The molecule has 2 rings (SSSR count). The summed E-state index contributed by atoms with van der Waals surface area (Å²) in [6, 6.07) is 0.342. The second-order valence-corrected chi connectivity index (χ2v) is 7.30. The van der Waals surface area contributed by atoms with Crippen molar-refractivity contribution in [2.45, 2.75) is 65.0 Å². The fourth-order valence-corrected chi connectivity index (χ4v) is 3.66. The summed E-state index contributed by atoms with van der Waals surface area (Å²) in [5, 5.41) is 6.42. The molecule has 3 heteroatoms. The Morgan fingerprint density at radius 3 is 2.50 bits per heavy atom. The Bertz CT molecular complexity index is 308. The minimum Gasteiger partial charge on any atom is -0.352 e. The highest BCUT2D eigenvalue weighted by Crippen LogP contribution is 2.49. The second kappa shape index (κ2) is 5.20. The molecule has 2 aliphatic carbocycles. The Morgan fingerprint density at radius 2 is 2.00 bits per heavy atom. The number of carbonyl (C=O) groups is 1. The van der Waals surface area contributed by atoms with Gasteiger partial charge in [-0.3, -0.25) is 4.79 Å². The number of hydrogen-bond acceptors (Lipinski definition) is 2. The number of rotatable bonds is 4. The zero-order valence-electron chi connectivity index (χ0n) is 12.3. The summed E-state index contributed by atoms with van der Waals surface area (Å²) >= 11 is 0. The molecule has 2 N–H and O–H groups in total. The molecule has 2 fully saturated rings. The summed E-state index contributed by atoms with van der Waals surface area (Å²) in [6.45, 7) is 8.86. The highest BCUT2D eigenvalue weighted by atomic mass is 16.2. The van der Waals surface area contributed by atoms with Gasteiger partial charge in [0.05, 0.1) is 6.54 Å². The van der Waals surface area contributed by atoms with Gasteiger partial charge in [-0.2, -0.15) is 0 Å². The molecular weight excluding hydrogens is 224 g/mol. The molecule has 1 amide bonds. The molecule has 104 valence electrons. The summed E-state index contributed by atoms with van der Waals surface area (Å²) in [7, 11) is 0. The summed E-state index contributed by atoms with van der Waals surface area (Å²) in [6.07, 6.45) is 5.55. The maximum absolute atomic E-state index is 11.9. The first-order valence-corrected chi connectivity index (χ1v) is 7.39. The van der Waals surface area contributed by atoms with Crippen molar-refractivity contribution in [3.63, 3.8) is 0 Å². The normalized spacial score (nSPS) is 32.6. The van der Waals surface area contributed by atoms with E-state index in [2.05, 4.69) is 38.3 Å². The average Bonchev–Trinajstić information content (AvgIpc) is 2.87. The van der Waals surface area contributed by atoms with Crippen LogP contribution in [-0.4, -0.2) is 24.0 Å². The highest BCUT2D eigenvalue weighted by molar-refractivity contribution is 5.78. The van der Waals surface area contributed by atoms with Crippen LogP contribution in [0.1, 0.15) is 53.4 Å². The van der Waals surface area contributed by atoms with Gasteiger partial charge in [-0.25, -0.2) is 0 Å². The predicted octanol–water partition coefficient (Wildman–Crippen LogP) is 2.32. The second-order valence-electron chi connectivity index (χ2n) is 7.30. The Labute approximate surface area is 111 Å². The van der Waals surface area contributed by atoms with Crippen molar-refractivity contribution in [1.29, 1.82) is 0 Å². The van der Waals surface area contributed by atoms with Gasteiger partial charge in [0, 0.05) is 11.6 Å². The van der Waals surface area contributed by atoms with E-state index >= 15 is 0 Å². The summed E-state index contributed by atoms with van der Waals surface area (Å²) < 4.78 is 0. The maximum Gasteiger partial charge on any atom is 0.234 e. The number of amides is 1. The van der Waals surface area contributed by atoms with Crippen LogP contribution in [-0.2, 0) is 4.79 Å². The molecule has 0 aromatic heterocycles. The van der Waals surface area contributed by atoms with E-state index in [9.17, 15) is 4.79 Å². The topological polar surface area (TPSA) is 41.1 Å². The minimum atomic E-state index is 0.00695. The van der Waals surface area contributed by atoms with Crippen LogP contribution in [0.15, 0.2) is 0 Å². The number of hydrogen-bond donors (Lipinski definition) is 2. The zero-order chi connectivity index (χ0) is 13.3. The molecule has 0 unspecified atom stereocenters. The van der Waals surface area contributed by atoms with E-state index < -0.39 is 0 Å². The van der Waals surface area contributed by atoms with E-state index in [4.69, 9.17) is 0 Å². The molecule has 18 heavy (non-hydrogen) atoms. The van der Waals surface area contributed by atoms with E-state index in [0.717, 1.165) is 17.8 Å². The predicted molar refractivity (Wildman–Crippen MR) is 74.3 cm³/mol. The average molecular weight is 252 g/mol. The molecular formula is C15H28N2O. The van der Waals surface area contributed by atoms with Gasteiger partial charge in [-0.05, 0) is 64.7 Å². The molecule has 3 nitrogen and oxygen atoms in total. The van der Waals surface area contributed by atoms with Crippen molar-refractivity contribution in [1.82, 2.24) is 10.6 Å². The molecule has 2 bridgehead atoms. The number of nitrogens with one attached hydrogen (secondary N) is 2. The van der Waals surface area contributed by atoms with Crippen molar-refractivity contribution in [2.75, 3.05) is 6.54 Å². The van der Waals surface area contributed by atoms with Crippen LogP contribution < -0.4 is 10.6 Å². The smallest absolute Gasteiger partial charge is 0.234 e. The summed E-state index contributed by atoms with van der Waals surface area (Å²) in [5.41, 5.74) is 0.00695. The summed E-state index contributed by atoms with van der Waals surface area (Å²) in [4.78, 5) is 11.9. The molecule has 0 aliphatic heterocycles. The van der Waals surface area contributed by atoms with Crippen molar-refractivity contribution in [3.05, 3.63) is 0 Å². The molecule has 0 saturated heterocycles. The Morgan fingerprint density at radius 1 is 1.28 bits per heavy atom. The third-order valence-electron chi connectivity index (χ3n) is 4.60. The van der Waals surface area contributed by atoms with Crippen LogP contribution in [0, 0.1) is 17.8 Å². The lowest BCUT2D eigenvalue weighted by Gasteiger charge is -2.29. The van der Waals surface area contributed by atoms with Crippen LogP contribution in [0.3, 0.4) is 0 Å². The quantitative estimate of drug-likeness (QED) is 0.806. The molecule has 2 aliphatic rings. The first-order valence-electron chi connectivity index (χ1n) is 7.39. The van der Waals surface area contributed by atoms with Gasteiger partial charge in [0.1, 0.15) is 0 Å². The van der Waals surface area contributed by atoms with Gasteiger partial charge in [0.15, 0.2) is 0 Å². The Balaban J connectivity index is 1.74. The van der Waals surface area contributed by atoms with Gasteiger partial charge in [-0.1, -0.05) is 6.42 Å². The van der Waals surface area contributed by atoms with Crippen LogP contribution in [0.2, 0.25) is 0 Å². The van der Waals surface area contributed by atoms with Gasteiger partial charge in [0.25, 0.3) is 0 Å². The lowest BCUT2D eigenvalue weighted by atomic mass is 9.84. The molecule has 0 heterocycles. The van der Waals surface area contributed by atoms with Crippen molar-refractivity contribution in [3.8, 4) is 0 Å². The summed E-state index contributed by atoms with van der Waals surface area (Å²) in [5.74, 6) is 2.69. The third kappa shape index (κ3) is 3.47. The monoisotopic (exact) mass is 252 g/mol. The first kappa shape index (κ1) is 13.9. The highest BCUT2D eigenvalue weighted by Gasteiger charge is 2.42. The third-order valence-corrected chi connectivity index (χ3v) is 4.60. The Hall–Kier alpha value is -0.570. The molecule has 0 spiro atoms. The van der Waals surface area contributed by atoms with Crippen molar-refractivity contribution < 1.29 is 4.79 Å². The maximum atomic E-state index is 11.9. The molecule has 2 saturated carbocycles. The number of carbonyl (C=O) groups excluding carboxylic acids is 1. The van der Waals surface area contributed by atoms with Crippen LogP contribution >= 0.6 is 0 Å². The number of fused-ring (bicyclic) bond motifs is 2. The van der Waals surface area contributed by atoms with Gasteiger partial charge in [0.2, 0.25) is 5.91 Å². The van der Waals surface area contributed by atoms with Gasteiger partial charge < -0.3 is 10.6 Å². The SMILES string of the molecule is C[C@H](NC(=O)CNC(C)(C)C)[C@@H]1C[C@@H]2CC[C@@H]1C2. The van der Waals surface area contributed by atoms with Crippen molar-refractivity contribution >= 4 is 5.91 Å². The molecule has 0 aromatic carbocycles. The Kier molecular flexibility index (Phi) is 4.00. The van der Waals surface area contributed by atoms with Gasteiger partial charge in [-0.15, -0.1) is 0 Å². The van der Waals surface area contributed by atoms with Crippen LogP contribution in [0.25, 0.3) is 0 Å². The largest absolute Gasteiger partial charge is 0.352 e.